The van der Waals surface area contributed by atoms with Crippen LogP contribution in [0, 0.1) is 0 Å². The number of alkyl carbamates (subject to hydrolysis) is 1. The summed E-state index contributed by atoms with van der Waals surface area (Å²) in [5.41, 5.74) is 0. The summed E-state index contributed by atoms with van der Waals surface area (Å²) in [5, 5.41) is 2.81. The van der Waals surface area contributed by atoms with Crippen LogP contribution in [0.5, 0.6) is 0 Å². The van der Waals surface area contributed by atoms with Gasteiger partial charge in [0, 0.05) is 0 Å². The highest BCUT2D eigenvalue weighted by Crippen LogP contribution is 2.12. The molecule has 0 unspecified atom stereocenters. The highest BCUT2D eigenvalue weighted by Gasteiger charge is 2.20. The molecule has 0 aromatic heterocycles. The van der Waals surface area contributed by atoms with Gasteiger partial charge in [-0.3, -0.25) is 0 Å². The molecular formula is C13H25NO2. The fourth-order valence-electron chi connectivity index (χ4n) is 2.11. The first-order chi connectivity index (χ1) is 7.83. The van der Waals surface area contributed by atoms with E-state index in [1.165, 1.54) is 51.4 Å². The predicted molar refractivity (Wildman–Crippen MR) is 65.5 cm³/mol. The fraction of sp³-hybridized carbons (Fsp3) is 0.923. The summed E-state index contributed by atoms with van der Waals surface area (Å²) in [4.78, 5) is 10.8. The highest BCUT2D eigenvalue weighted by atomic mass is 16.6. The Morgan fingerprint density at radius 3 is 2.31 bits per heavy atom. The summed E-state index contributed by atoms with van der Waals surface area (Å²) in [6.45, 7) is 2.81. The van der Waals surface area contributed by atoms with E-state index in [1.807, 2.05) is 0 Å². The number of cyclic esters (lactones) is 1. The Labute approximate surface area is 98.9 Å². The van der Waals surface area contributed by atoms with Crippen molar-refractivity contribution in [3.63, 3.8) is 0 Å². The fourth-order valence-corrected chi connectivity index (χ4v) is 2.11. The molecule has 0 aliphatic carbocycles. The molecule has 0 bridgehead atoms. The molecule has 1 saturated heterocycles. The van der Waals surface area contributed by atoms with Crippen LogP contribution < -0.4 is 5.32 Å². The summed E-state index contributed by atoms with van der Waals surface area (Å²) < 4.78 is 4.84. The number of carbonyl (C=O) groups excluding carboxylic acids is 1. The molecule has 1 fully saturated rings. The van der Waals surface area contributed by atoms with Gasteiger partial charge in [-0.25, -0.2) is 4.79 Å². The van der Waals surface area contributed by atoms with Gasteiger partial charge in [0.05, 0.1) is 6.04 Å². The minimum Gasteiger partial charge on any atom is -0.447 e. The van der Waals surface area contributed by atoms with Crippen LogP contribution in [-0.2, 0) is 4.74 Å². The van der Waals surface area contributed by atoms with Gasteiger partial charge in [-0.05, 0) is 6.42 Å². The van der Waals surface area contributed by atoms with Crippen LogP contribution in [-0.4, -0.2) is 18.7 Å². The van der Waals surface area contributed by atoms with Crippen LogP contribution in [0.4, 0.5) is 4.79 Å². The smallest absolute Gasteiger partial charge is 0.407 e. The van der Waals surface area contributed by atoms with E-state index < -0.39 is 0 Å². The van der Waals surface area contributed by atoms with E-state index in [0.717, 1.165) is 6.42 Å². The van der Waals surface area contributed by atoms with Crippen molar-refractivity contribution in [1.29, 1.82) is 0 Å². The topological polar surface area (TPSA) is 38.3 Å². The normalized spacial score (nSPS) is 19.6. The van der Waals surface area contributed by atoms with Gasteiger partial charge < -0.3 is 10.1 Å². The van der Waals surface area contributed by atoms with Crippen LogP contribution >= 0.6 is 0 Å². The second-order valence-electron chi connectivity index (χ2n) is 4.70. The Morgan fingerprint density at radius 2 is 1.75 bits per heavy atom. The molecule has 0 aromatic rings. The van der Waals surface area contributed by atoms with Crippen LogP contribution in [0.1, 0.15) is 64.7 Å². The predicted octanol–water partition coefficient (Wildman–Crippen LogP) is 3.63. The first kappa shape index (κ1) is 13.3. The number of nitrogens with one attached hydrogen (secondary N) is 1. The van der Waals surface area contributed by atoms with Crippen LogP contribution in [0.2, 0.25) is 0 Å². The summed E-state index contributed by atoms with van der Waals surface area (Å²) in [5.74, 6) is 0. The molecule has 0 saturated carbocycles. The van der Waals surface area contributed by atoms with Gasteiger partial charge in [-0.2, -0.15) is 0 Å². The number of unbranched alkanes of at least 4 members (excludes halogenated alkanes) is 7. The van der Waals surface area contributed by atoms with Gasteiger partial charge in [0.25, 0.3) is 0 Å². The minimum absolute atomic E-state index is 0.246. The molecule has 3 heteroatoms. The highest BCUT2D eigenvalue weighted by molar-refractivity contribution is 5.69. The van der Waals surface area contributed by atoms with E-state index in [9.17, 15) is 4.79 Å². The van der Waals surface area contributed by atoms with Gasteiger partial charge >= 0.3 is 6.09 Å². The Balaban J connectivity index is 1.79. The van der Waals surface area contributed by atoms with E-state index in [-0.39, 0.29) is 12.1 Å². The first-order valence-electron chi connectivity index (χ1n) is 6.76. The number of rotatable bonds is 9. The monoisotopic (exact) mass is 227 g/mol. The lowest BCUT2D eigenvalue weighted by atomic mass is 10.1. The Kier molecular flexibility index (Phi) is 7.02. The number of hydrogen-bond donors (Lipinski definition) is 1. The molecule has 1 aliphatic rings. The molecule has 1 atom stereocenters. The summed E-state index contributed by atoms with van der Waals surface area (Å²) in [6.07, 6.45) is 11.5. The largest absolute Gasteiger partial charge is 0.447 e. The summed E-state index contributed by atoms with van der Waals surface area (Å²) in [7, 11) is 0. The van der Waals surface area contributed by atoms with Gasteiger partial charge in [0.15, 0.2) is 0 Å². The second-order valence-corrected chi connectivity index (χ2v) is 4.70. The molecule has 0 aromatic carbocycles. The third-order valence-electron chi connectivity index (χ3n) is 3.14. The maximum absolute atomic E-state index is 10.8. The van der Waals surface area contributed by atoms with Crippen LogP contribution in [0.15, 0.2) is 0 Å². The molecule has 0 spiro atoms. The molecule has 1 amide bonds. The quantitative estimate of drug-likeness (QED) is 0.611. The van der Waals surface area contributed by atoms with Crippen molar-refractivity contribution in [2.75, 3.05) is 6.61 Å². The lowest BCUT2D eigenvalue weighted by molar-refractivity contribution is 0.176. The van der Waals surface area contributed by atoms with E-state index in [2.05, 4.69) is 12.2 Å². The number of ether oxygens (including phenoxy) is 1. The summed E-state index contributed by atoms with van der Waals surface area (Å²) >= 11 is 0. The zero-order chi connectivity index (χ0) is 11.6. The summed E-state index contributed by atoms with van der Waals surface area (Å²) in [6, 6.07) is 0.271. The molecule has 3 nitrogen and oxygen atoms in total. The standard InChI is InChI=1S/C13H25NO2/c1-2-3-4-5-6-7-8-9-10-12-11-16-13(15)14-12/h12H,2-11H2,1H3,(H,14,15)/t12-/m1/s1. The number of amides is 1. The van der Waals surface area contributed by atoms with Crippen LogP contribution in [0.25, 0.3) is 0 Å². The van der Waals surface area contributed by atoms with Gasteiger partial charge in [0.2, 0.25) is 0 Å². The van der Waals surface area contributed by atoms with Gasteiger partial charge in [0.1, 0.15) is 6.61 Å². The Hall–Kier alpha value is -0.730. The van der Waals surface area contributed by atoms with Crippen molar-refractivity contribution in [3.05, 3.63) is 0 Å². The van der Waals surface area contributed by atoms with Crippen molar-refractivity contribution in [2.45, 2.75) is 70.8 Å². The zero-order valence-corrected chi connectivity index (χ0v) is 10.5. The van der Waals surface area contributed by atoms with Crippen molar-refractivity contribution < 1.29 is 9.53 Å². The molecule has 0 radical (unpaired) electrons. The molecule has 1 heterocycles. The lowest BCUT2D eigenvalue weighted by Crippen LogP contribution is -2.25. The lowest BCUT2D eigenvalue weighted by Gasteiger charge is -2.06. The molecule has 1 rings (SSSR count). The van der Waals surface area contributed by atoms with Crippen LogP contribution in [0.3, 0.4) is 0 Å². The Morgan fingerprint density at radius 1 is 1.12 bits per heavy atom. The SMILES string of the molecule is CCCCCCCCCC[C@@H]1COC(=O)N1. The van der Waals surface area contributed by atoms with Crippen molar-refractivity contribution >= 4 is 6.09 Å². The molecular weight excluding hydrogens is 202 g/mol. The average molecular weight is 227 g/mol. The maximum atomic E-state index is 10.8. The molecule has 94 valence electrons. The van der Waals surface area contributed by atoms with Crippen molar-refractivity contribution in [1.82, 2.24) is 5.32 Å². The number of carbonyl (C=O) groups is 1. The van der Waals surface area contributed by atoms with Gasteiger partial charge in [-0.15, -0.1) is 0 Å². The van der Waals surface area contributed by atoms with Crippen molar-refractivity contribution in [3.8, 4) is 0 Å². The van der Waals surface area contributed by atoms with Crippen molar-refractivity contribution in [2.24, 2.45) is 0 Å². The average Bonchev–Trinajstić information content (AvgIpc) is 2.68. The molecule has 16 heavy (non-hydrogen) atoms. The molecule has 1 N–H and O–H groups in total. The minimum atomic E-state index is -0.246. The second kappa shape index (κ2) is 8.43. The number of hydrogen-bond acceptors (Lipinski definition) is 2. The molecule has 1 aliphatic heterocycles. The van der Waals surface area contributed by atoms with E-state index in [4.69, 9.17) is 4.74 Å². The first-order valence-corrected chi connectivity index (χ1v) is 6.76. The Bertz CT molecular complexity index is 194. The third-order valence-corrected chi connectivity index (χ3v) is 3.14. The zero-order valence-electron chi connectivity index (χ0n) is 10.5. The van der Waals surface area contributed by atoms with E-state index in [0.29, 0.717) is 6.61 Å². The van der Waals surface area contributed by atoms with E-state index >= 15 is 0 Å². The maximum Gasteiger partial charge on any atom is 0.407 e. The third kappa shape index (κ3) is 5.99. The van der Waals surface area contributed by atoms with E-state index in [1.54, 1.807) is 0 Å². The van der Waals surface area contributed by atoms with Gasteiger partial charge in [-0.1, -0.05) is 58.3 Å².